The van der Waals surface area contributed by atoms with Crippen LogP contribution in [0.25, 0.3) is 0 Å². The smallest absolute Gasteiger partial charge is 0.406 e. The second-order valence-corrected chi connectivity index (χ2v) is 10.3. The average molecular weight is 539 g/mol. The van der Waals surface area contributed by atoms with Gasteiger partial charge in [-0.2, -0.15) is 0 Å². The van der Waals surface area contributed by atoms with Gasteiger partial charge in [-0.25, -0.2) is 9.59 Å². The Kier molecular flexibility index (Phi) is 12.8. The number of benzene rings is 1. The minimum absolute atomic E-state index is 0.0373. The average Bonchev–Trinajstić information content (AvgIpc) is 2.92. The summed E-state index contributed by atoms with van der Waals surface area (Å²) in [7, 11) is 1.33. The number of rotatable bonds is 12. The summed E-state index contributed by atoms with van der Waals surface area (Å²) < 4.78 is 16.5. The van der Waals surface area contributed by atoms with E-state index in [0.29, 0.717) is 37.2 Å². The fraction of sp³-hybridized carbons (Fsp3) is 0.704. The third-order valence-electron chi connectivity index (χ3n) is 7.07. The van der Waals surface area contributed by atoms with Gasteiger partial charge in [0.15, 0.2) is 0 Å². The van der Waals surface area contributed by atoms with Crippen LogP contribution in [0.1, 0.15) is 50.7 Å². The van der Waals surface area contributed by atoms with E-state index in [0.717, 1.165) is 57.6 Å². The Hall–Kier alpha value is -2.07. The number of carbonyl (C=O) groups is 2. The van der Waals surface area contributed by atoms with Gasteiger partial charge in [-0.3, -0.25) is 0 Å². The summed E-state index contributed by atoms with van der Waals surface area (Å²) in [5.41, 5.74) is 0.972. The minimum atomic E-state index is -0.490. The van der Waals surface area contributed by atoms with Crippen LogP contribution in [-0.2, 0) is 14.2 Å². The topological polar surface area (TPSA) is 101 Å². The summed E-state index contributed by atoms with van der Waals surface area (Å²) in [6, 6.07) is 7.85. The number of likely N-dealkylation sites (N-methyl/N-ethyl adjacent to an activating group) is 1. The molecule has 3 rings (SSSR count). The molecule has 208 valence electrons. The molecule has 1 aromatic rings. The van der Waals surface area contributed by atoms with E-state index in [1.165, 1.54) is 13.5 Å². The molecule has 2 fully saturated rings. The summed E-state index contributed by atoms with van der Waals surface area (Å²) in [6.45, 7) is 7.19. The maximum atomic E-state index is 13.2. The zero-order chi connectivity index (χ0) is 26.5. The largest absolute Gasteiger partial charge is 0.453 e. The number of piperidine rings is 1. The number of carbonyl (C=O) groups excluding carboxylic acids is 2. The number of methoxy groups -OCH3 is 1. The van der Waals surface area contributed by atoms with E-state index >= 15 is 0 Å². The molecule has 2 saturated heterocycles. The van der Waals surface area contributed by atoms with E-state index in [4.69, 9.17) is 21.1 Å². The Morgan fingerprint density at radius 3 is 2.84 bits per heavy atom. The lowest BCUT2D eigenvalue weighted by Crippen LogP contribution is -2.50. The van der Waals surface area contributed by atoms with Crippen LogP contribution in [0, 0.1) is 11.8 Å². The Labute approximate surface area is 225 Å². The number of urea groups is 1. The molecule has 0 aromatic heterocycles. The predicted molar refractivity (Wildman–Crippen MR) is 144 cm³/mol. The quantitative estimate of drug-likeness (QED) is 0.348. The number of alkyl carbamates (subject to hydrolysis) is 1. The van der Waals surface area contributed by atoms with Crippen LogP contribution in [0.5, 0.6) is 0 Å². The van der Waals surface area contributed by atoms with Crippen molar-refractivity contribution in [1.29, 1.82) is 0 Å². The summed E-state index contributed by atoms with van der Waals surface area (Å²) >= 11 is 6.28. The molecule has 1 aromatic carbocycles. The molecule has 3 amide bonds. The maximum Gasteiger partial charge on any atom is 0.406 e. The molecule has 37 heavy (non-hydrogen) atoms. The fourth-order valence-electron chi connectivity index (χ4n) is 5.29. The summed E-state index contributed by atoms with van der Waals surface area (Å²) in [5, 5.41) is 9.98. The van der Waals surface area contributed by atoms with Gasteiger partial charge in [0, 0.05) is 56.4 Å². The van der Waals surface area contributed by atoms with Gasteiger partial charge in [-0.1, -0.05) is 30.7 Å². The van der Waals surface area contributed by atoms with Crippen molar-refractivity contribution in [2.75, 3.05) is 59.7 Å². The molecule has 0 bridgehead atoms. The van der Waals surface area contributed by atoms with Crippen molar-refractivity contribution in [3.05, 3.63) is 34.9 Å². The highest BCUT2D eigenvalue weighted by atomic mass is 35.5. The zero-order valence-corrected chi connectivity index (χ0v) is 22.9. The Morgan fingerprint density at radius 1 is 1.24 bits per heavy atom. The molecule has 0 spiro atoms. The van der Waals surface area contributed by atoms with Gasteiger partial charge in [-0.15, -0.1) is 0 Å². The van der Waals surface area contributed by atoms with Crippen molar-refractivity contribution >= 4 is 23.7 Å². The first-order valence-corrected chi connectivity index (χ1v) is 13.9. The van der Waals surface area contributed by atoms with Crippen molar-refractivity contribution in [2.45, 2.75) is 51.2 Å². The SMILES string of the molecule is CCN[C@@H](CNC(=O)N1CCC[C@@H](C(OCCNC(=O)OC)c2cccc(Cl)c2)C1)C[C@H]1CCCOC1. The van der Waals surface area contributed by atoms with E-state index in [1.54, 1.807) is 0 Å². The molecule has 2 aliphatic heterocycles. The lowest BCUT2D eigenvalue weighted by Gasteiger charge is -2.37. The van der Waals surface area contributed by atoms with Crippen LogP contribution in [0.4, 0.5) is 9.59 Å². The van der Waals surface area contributed by atoms with Crippen molar-refractivity contribution in [3.63, 3.8) is 0 Å². The molecular formula is C27H43ClN4O5. The van der Waals surface area contributed by atoms with Crippen LogP contribution >= 0.6 is 11.6 Å². The molecular weight excluding hydrogens is 496 g/mol. The first-order chi connectivity index (χ1) is 18.0. The molecule has 9 nitrogen and oxygen atoms in total. The van der Waals surface area contributed by atoms with Crippen molar-refractivity contribution in [2.24, 2.45) is 11.8 Å². The van der Waals surface area contributed by atoms with E-state index < -0.39 is 6.09 Å². The van der Waals surface area contributed by atoms with Crippen molar-refractivity contribution < 1.29 is 23.8 Å². The van der Waals surface area contributed by atoms with Crippen LogP contribution in [0.2, 0.25) is 5.02 Å². The van der Waals surface area contributed by atoms with Crippen LogP contribution < -0.4 is 16.0 Å². The maximum absolute atomic E-state index is 13.2. The predicted octanol–water partition coefficient (Wildman–Crippen LogP) is 3.97. The van der Waals surface area contributed by atoms with E-state index in [9.17, 15) is 9.59 Å². The third-order valence-corrected chi connectivity index (χ3v) is 7.30. The second kappa shape index (κ2) is 16.0. The molecule has 4 atom stereocenters. The number of likely N-dealkylation sites (tertiary alicyclic amines) is 1. The molecule has 0 radical (unpaired) electrons. The molecule has 3 N–H and O–H groups in total. The van der Waals surface area contributed by atoms with Gasteiger partial charge >= 0.3 is 12.1 Å². The first kappa shape index (κ1) is 29.5. The number of hydrogen-bond acceptors (Lipinski definition) is 6. The van der Waals surface area contributed by atoms with Crippen molar-refractivity contribution in [1.82, 2.24) is 20.9 Å². The van der Waals surface area contributed by atoms with Gasteiger partial charge in [-0.05, 0) is 62.3 Å². The van der Waals surface area contributed by atoms with E-state index in [1.807, 2.05) is 29.2 Å². The summed E-state index contributed by atoms with van der Waals surface area (Å²) in [4.78, 5) is 26.4. The molecule has 0 saturated carbocycles. The Bertz CT molecular complexity index is 839. The zero-order valence-electron chi connectivity index (χ0n) is 22.2. The lowest BCUT2D eigenvalue weighted by atomic mass is 9.88. The van der Waals surface area contributed by atoms with Gasteiger partial charge in [0.05, 0.1) is 19.8 Å². The third kappa shape index (κ3) is 9.96. The minimum Gasteiger partial charge on any atom is -0.453 e. The number of hydrogen-bond donors (Lipinski definition) is 3. The summed E-state index contributed by atoms with van der Waals surface area (Å²) in [5.74, 6) is 0.651. The Morgan fingerprint density at radius 2 is 2.11 bits per heavy atom. The highest BCUT2D eigenvalue weighted by molar-refractivity contribution is 6.30. The number of nitrogens with one attached hydrogen (secondary N) is 3. The molecule has 1 unspecified atom stereocenters. The first-order valence-electron chi connectivity index (χ1n) is 13.5. The molecule has 2 heterocycles. The lowest BCUT2D eigenvalue weighted by molar-refractivity contribution is -0.00851. The highest BCUT2D eigenvalue weighted by Gasteiger charge is 2.31. The Balaban J connectivity index is 1.57. The second-order valence-electron chi connectivity index (χ2n) is 9.87. The number of halogens is 1. The monoisotopic (exact) mass is 538 g/mol. The summed E-state index contributed by atoms with van der Waals surface area (Å²) in [6.07, 6.45) is 4.40. The standard InChI is InChI=1S/C27H43ClN4O5/c1-3-29-24(15-20-7-6-13-36-19-20)17-31-26(33)32-12-5-9-22(18-32)25(21-8-4-10-23(28)16-21)37-14-11-30-27(34)35-2/h4,8,10,16,20,22,24-25,29H,3,5-7,9,11-15,17-19H2,1-2H3,(H,30,34)(H,31,33)/t20-,22-,24-,25?/m1/s1. The molecule has 2 aliphatic rings. The van der Waals surface area contributed by atoms with Gasteiger partial charge in [0.2, 0.25) is 0 Å². The molecule has 10 heteroatoms. The number of ether oxygens (including phenoxy) is 3. The van der Waals surface area contributed by atoms with Crippen LogP contribution in [-0.4, -0.2) is 82.7 Å². The highest BCUT2D eigenvalue weighted by Crippen LogP contribution is 2.34. The number of amides is 3. The van der Waals surface area contributed by atoms with Crippen LogP contribution in [0.3, 0.4) is 0 Å². The van der Waals surface area contributed by atoms with Gasteiger partial charge in [0.1, 0.15) is 0 Å². The van der Waals surface area contributed by atoms with Crippen molar-refractivity contribution in [3.8, 4) is 0 Å². The normalized spacial score (nSPS) is 21.6. The fourth-order valence-corrected chi connectivity index (χ4v) is 5.48. The molecule has 0 aliphatic carbocycles. The van der Waals surface area contributed by atoms with Gasteiger partial charge in [0.25, 0.3) is 0 Å². The number of nitrogens with zero attached hydrogens (tertiary/aromatic N) is 1. The van der Waals surface area contributed by atoms with E-state index in [-0.39, 0.29) is 24.1 Å². The van der Waals surface area contributed by atoms with Crippen LogP contribution in [0.15, 0.2) is 24.3 Å². The van der Waals surface area contributed by atoms with Gasteiger partial charge < -0.3 is 35.1 Å². The van der Waals surface area contributed by atoms with E-state index in [2.05, 4.69) is 27.6 Å².